The zero-order valence-corrected chi connectivity index (χ0v) is 18.4. The summed E-state index contributed by atoms with van der Waals surface area (Å²) < 4.78 is 16.3. The molecule has 1 atom stereocenters. The molecule has 1 aromatic carbocycles. The van der Waals surface area contributed by atoms with Gasteiger partial charge in [0.05, 0.1) is 21.3 Å². The molecule has 1 aliphatic heterocycles. The molecule has 0 aliphatic carbocycles. The lowest BCUT2D eigenvalue weighted by Crippen LogP contribution is -2.54. The van der Waals surface area contributed by atoms with E-state index in [-0.39, 0.29) is 11.8 Å². The molecule has 0 spiro atoms. The maximum absolute atomic E-state index is 12.8. The number of carbonyl (C=O) groups excluding carboxylic acids is 1. The SMILES string of the molecule is COc1ccc(CN2CCN(C(=O)[C@H](CC(C)C)NC(=O)O)CC2)c(OC)c1OC. The second-order valence-electron chi connectivity index (χ2n) is 7.73. The van der Waals surface area contributed by atoms with Crippen LogP contribution in [0.4, 0.5) is 4.79 Å². The largest absolute Gasteiger partial charge is 0.493 e. The number of methoxy groups -OCH3 is 3. The highest BCUT2D eigenvalue weighted by Crippen LogP contribution is 2.40. The Morgan fingerprint density at radius 2 is 1.67 bits per heavy atom. The molecule has 1 heterocycles. The smallest absolute Gasteiger partial charge is 0.405 e. The molecule has 2 amide bonds. The molecule has 0 unspecified atom stereocenters. The molecule has 2 N–H and O–H groups in total. The molecule has 0 radical (unpaired) electrons. The molecule has 9 heteroatoms. The van der Waals surface area contributed by atoms with Crippen LogP contribution in [0.15, 0.2) is 12.1 Å². The third kappa shape index (κ3) is 5.91. The number of ether oxygens (including phenoxy) is 3. The van der Waals surface area contributed by atoms with Gasteiger partial charge in [-0.15, -0.1) is 0 Å². The van der Waals surface area contributed by atoms with Crippen LogP contribution < -0.4 is 19.5 Å². The van der Waals surface area contributed by atoms with Gasteiger partial charge in [0.25, 0.3) is 0 Å². The van der Waals surface area contributed by atoms with E-state index in [1.54, 1.807) is 26.2 Å². The molecular weight excluding hydrogens is 390 g/mol. The van der Waals surface area contributed by atoms with Crippen LogP contribution in [0.2, 0.25) is 0 Å². The standard InChI is InChI=1S/C21H33N3O6/c1-14(2)12-16(22-21(26)27)20(25)24-10-8-23(9-11-24)13-15-6-7-17(28-3)19(30-5)18(15)29-4/h6-7,14,16,22H,8-13H2,1-5H3,(H,26,27)/t16-/m0/s1. The van der Waals surface area contributed by atoms with E-state index in [2.05, 4.69) is 10.2 Å². The second-order valence-corrected chi connectivity index (χ2v) is 7.73. The number of hydrogen-bond acceptors (Lipinski definition) is 6. The Labute approximate surface area is 177 Å². The molecule has 30 heavy (non-hydrogen) atoms. The molecule has 0 bridgehead atoms. The monoisotopic (exact) mass is 423 g/mol. The Hall–Kier alpha value is -2.68. The molecule has 168 valence electrons. The van der Waals surface area contributed by atoms with Gasteiger partial charge in [0.15, 0.2) is 11.5 Å². The van der Waals surface area contributed by atoms with Gasteiger partial charge in [-0.2, -0.15) is 0 Å². The summed E-state index contributed by atoms with van der Waals surface area (Å²) in [4.78, 5) is 27.9. The van der Waals surface area contributed by atoms with Crippen LogP contribution in [0, 0.1) is 5.92 Å². The van der Waals surface area contributed by atoms with Crippen molar-refractivity contribution in [1.29, 1.82) is 0 Å². The minimum absolute atomic E-state index is 0.158. The first-order valence-corrected chi connectivity index (χ1v) is 10.1. The number of amides is 2. The van der Waals surface area contributed by atoms with Crippen molar-refractivity contribution in [2.24, 2.45) is 5.92 Å². The third-order valence-corrected chi connectivity index (χ3v) is 5.17. The third-order valence-electron chi connectivity index (χ3n) is 5.17. The van der Waals surface area contributed by atoms with Crippen LogP contribution >= 0.6 is 0 Å². The van der Waals surface area contributed by atoms with E-state index in [4.69, 9.17) is 19.3 Å². The van der Waals surface area contributed by atoms with Crippen molar-refractivity contribution >= 4 is 12.0 Å². The van der Waals surface area contributed by atoms with Gasteiger partial charge < -0.3 is 29.5 Å². The summed E-state index contributed by atoms with van der Waals surface area (Å²) in [5.74, 6) is 1.86. The molecule has 1 aliphatic rings. The van der Waals surface area contributed by atoms with E-state index in [0.717, 1.165) is 5.56 Å². The van der Waals surface area contributed by atoms with Gasteiger partial charge in [0.2, 0.25) is 11.7 Å². The first-order valence-electron chi connectivity index (χ1n) is 10.1. The van der Waals surface area contributed by atoms with Crippen LogP contribution in [0.5, 0.6) is 17.2 Å². The van der Waals surface area contributed by atoms with Crippen molar-refractivity contribution in [1.82, 2.24) is 15.1 Å². The molecule has 1 aromatic rings. The van der Waals surface area contributed by atoms with Crippen LogP contribution in [0.25, 0.3) is 0 Å². The second kappa shape index (κ2) is 10.9. The minimum Gasteiger partial charge on any atom is -0.493 e. The van der Waals surface area contributed by atoms with Crippen LogP contribution in [-0.4, -0.2) is 80.5 Å². The predicted molar refractivity (Wildman–Crippen MR) is 112 cm³/mol. The van der Waals surface area contributed by atoms with Crippen LogP contribution in [-0.2, 0) is 11.3 Å². The van der Waals surface area contributed by atoms with Gasteiger partial charge in [-0.25, -0.2) is 4.79 Å². The summed E-state index contributed by atoms with van der Waals surface area (Å²) >= 11 is 0. The van der Waals surface area contributed by atoms with Crippen molar-refractivity contribution in [3.63, 3.8) is 0 Å². The van der Waals surface area contributed by atoms with E-state index in [1.165, 1.54) is 0 Å². The van der Waals surface area contributed by atoms with Gasteiger partial charge in [-0.3, -0.25) is 9.69 Å². The van der Waals surface area contributed by atoms with Crippen molar-refractivity contribution in [2.75, 3.05) is 47.5 Å². The Balaban J connectivity index is 2.02. The summed E-state index contributed by atoms with van der Waals surface area (Å²) in [6.45, 7) is 7.05. The Bertz CT molecular complexity index is 732. The first-order chi connectivity index (χ1) is 14.3. The number of hydrogen-bond donors (Lipinski definition) is 2. The van der Waals surface area contributed by atoms with E-state index in [1.807, 2.05) is 26.0 Å². The summed E-state index contributed by atoms with van der Waals surface area (Å²) in [5, 5.41) is 11.4. The lowest BCUT2D eigenvalue weighted by molar-refractivity contribution is -0.135. The maximum Gasteiger partial charge on any atom is 0.405 e. The van der Waals surface area contributed by atoms with Gasteiger partial charge >= 0.3 is 6.09 Å². The highest BCUT2D eigenvalue weighted by Gasteiger charge is 2.29. The van der Waals surface area contributed by atoms with Crippen molar-refractivity contribution in [2.45, 2.75) is 32.9 Å². The summed E-state index contributed by atoms with van der Waals surface area (Å²) in [6.07, 6.45) is -0.693. The molecule has 0 saturated carbocycles. The predicted octanol–water partition coefficient (Wildman–Crippen LogP) is 2.04. The van der Waals surface area contributed by atoms with Crippen LogP contribution in [0.1, 0.15) is 25.8 Å². The molecule has 9 nitrogen and oxygen atoms in total. The Kier molecular flexibility index (Phi) is 8.58. The van der Waals surface area contributed by atoms with Crippen molar-refractivity contribution in [3.05, 3.63) is 17.7 Å². The summed E-state index contributed by atoms with van der Waals surface area (Å²) in [7, 11) is 4.76. The fourth-order valence-electron chi connectivity index (χ4n) is 3.72. The molecule has 1 saturated heterocycles. The fraction of sp³-hybridized carbons (Fsp3) is 0.619. The highest BCUT2D eigenvalue weighted by atomic mass is 16.5. The van der Waals surface area contributed by atoms with E-state index in [0.29, 0.717) is 56.4 Å². The number of carboxylic acid groups (broad SMARTS) is 1. The Morgan fingerprint density at radius 3 is 2.17 bits per heavy atom. The average molecular weight is 424 g/mol. The number of nitrogens with one attached hydrogen (secondary N) is 1. The lowest BCUT2D eigenvalue weighted by atomic mass is 10.0. The zero-order chi connectivity index (χ0) is 22.3. The molecule has 0 aromatic heterocycles. The van der Waals surface area contributed by atoms with Gasteiger partial charge in [0.1, 0.15) is 6.04 Å². The fourth-order valence-corrected chi connectivity index (χ4v) is 3.72. The lowest BCUT2D eigenvalue weighted by Gasteiger charge is -2.36. The van der Waals surface area contributed by atoms with E-state index >= 15 is 0 Å². The van der Waals surface area contributed by atoms with Crippen molar-refractivity contribution < 1.29 is 28.9 Å². The normalized spacial score (nSPS) is 15.6. The number of nitrogens with zero attached hydrogens (tertiary/aromatic N) is 2. The Morgan fingerprint density at radius 1 is 1.03 bits per heavy atom. The summed E-state index contributed by atoms with van der Waals surface area (Å²) in [6, 6.07) is 3.09. The minimum atomic E-state index is -1.17. The molecule has 2 rings (SSSR count). The zero-order valence-electron chi connectivity index (χ0n) is 18.4. The van der Waals surface area contributed by atoms with E-state index in [9.17, 15) is 9.59 Å². The van der Waals surface area contributed by atoms with Crippen molar-refractivity contribution in [3.8, 4) is 17.2 Å². The molecule has 1 fully saturated rings. The number of rotatable bonds is 9. The van der Waals surface area contributed by atoms with Gasteiger partial charge in [-0.05, 0) is 18.4 Å². The summed E-state index contributed by atoms with van der Waals surface area (Å²) in [5.41, 5.74) is 0.972. The number of benzene rings is 1. The maximum atomic E-state index is 12.8. The first kappa shape index (κ1) is 23.6. The van der Waals surface area contributed by atoms with Gasteiger partial charge in [0, 0.05) is 38.3 Å². The highest BCUT2D eigenvalue weighted by molar-refractivity contribution is 5.85. The number of carbonyl (C=O) groups is 2. The molecular formula is C21H33N3O6. The average Bonchev–Trinajstić information content (AvgIpc) is 2.72. The quantitative estimate of drug-likeness (QED) is 0.627. The number of piperazine rings is 1. The van der Waals surface area contributed by atoms with E-state index < -0.39 is 12.1 Å². The van der Waals surface area contributed by atoms with Crippen LogP contribution in [0.3, 0.4) is 0 Å². The van der Waals surface area contributed by atoms with Gasteiger partial charge in [-0.1, -0.05) is 19.9 Å². The topological polar surface area (TPSA) is 101 Å².